The van der Waals surface area contributed by atoms with Crippen LogP contribution in [0.1, 0.15) is 12.0 Å². The van der Waals surface area contributed by atoms with E-state index >= 15 is 0 Å². The molecule has 5 nitrogen and oxygen atoms in total. The molecule has 1 aromatic carbocycles. The van der Waals surface area contributed by atoms with Crippen molar-refractivity contribution in [2.75, 3.05) is 33.9 Å². The summed E-state index contributed by atoms with van der Waals surface area (Å²) in [7, 11) is 4.15. The first-order valence-electron chi connectivity index (χ1n) is 7.36. The van der Waals surface area contributed by atoms with E-state index in [9.17, 15) is 0 Å². The molecule has 0 N–H and O–H groups in total. The molecule has 1 fully saturated rings. The van der Waals surface area contributed by atoms with E-state index < -0.39 is 0 Å². The summed E-state index contributed by atoms with van der Waals surface area (Å²) in [5, 5.41) is 9.43. The molecule has 0 amide bonds. The summed E-state index contributed by atoms with van der Waals surface area (Å²) in [6.07, 6.45) is 3.87. The third-order valence-corrected chi connectivity index (χ3v) is 3.71. The maximum Gasteiger partial charge on any atom is 0.129 e. The summed E-state index contributed by atoms with van der Waals surface area (Å²) in [6, 6.07) is 5.97. The van der Waals surface area contributed by atoms with Crippen LogP contribution in [-0.2, 0) is 11.2 Å². The highest BCUT2D eigenvalue weighted by Gasteiger charge is 2.19. The van der Waals surface area contributed by atoms with Crippen molar-refractivity contribution in [2.45, 2.75) is 18.9 Å². The van der Waals surface area contributed by atoms with Crippen LogP contribution in [0.15, 0.2) is 24.4 Å². The van der Waals surface area contributed by atoms with Crippen molar-refractivity contribution in [3.05, 3.63) is 30.0 Å². The largest absolute Gasteiger partial charge is 0.487 e. The predicted molar refractivity (Wildman–Crippen MR) is 81.6 cm³/mol. The van der Waals surface area contributed by atoms with E-state index in [4.69, 9.17) is 9.47 Å². The second-order valence-corrected chi connectivity index (χ2v) is 5.68. The summed E-state index contributed by atoms with van der Waals surface area (Å²) in [5.41, 5.74) is 2.07. The number of hydrogen-bond donors (Lipinski definition) is 0. The van der Waals surface area contributed by atoms with Gasteiger partial charge in [-0.05, 0) is 38.2 Å². The third-order valence-electron chi connectivity index (χ3n) is 3.71. The predicted octanol–water partition coefficient (Wildman–Crippen LogP) is 1.90. The van der Waals surface area contributed by atoms with E-state index in [1.807, 2.05) is 24.4 Å². The zero-order valence-electron chi connectivity index (χ0n) is 12.6. The van der Waals surface area contributed by atoms with Crippen molar-refractivity contribution >= 4 is 10.9 Å². The minimum atomic E-state index is 0.144. The van der Waals surface area contributed by atoms with E-state index in [1.165, 1.54) is 5.56 Å². The van der Waals surface area contributed by atoms with Crippen molar-refractivity contribution in [2.24, 2.45) is 0 Å². The molecule has 0 spiro atoms. The molecule has 1 aromatic heterocycles. The Bertz CT molecular complexity index is 604. The molecule has 2 heterocycles. The number of likely N-dealkylation sites (N-methyl/N-ethyl adjacent to an activating group) is 1. The molecule has 1 aliphatic rings. The molecule has 3 rings (SSSR count). The molecular formula is C16H21N3O2. The van der Waals surface area contributed by atoms with Crippen molar-refractivity contribution in [3.63, 3.8) is 0 Å². The van der Waals surface area contributed by atoms with E-state index in [-0.39, 0.29) is 6.10 Å². The molecule has 0 radical (unpaired) electrons. The molecule has 0 unspecified atom stereocenters. The minimum Gasteiger partial charge on any atom is -0.487 e. The lowest BCUT2D eigenvalue weighted by atomic mass is 10.1. The van der Waals surface area contributed by atoms with Gasteiger partial charge in [-0.1, -0.05) is 6.07 Å². The molecule has 0 aliphatic carbocycles. The summed E-state index contributed by atoms with van der Waals surface area (Å²) in [6.45, 7) is 2.42. The molecule has 1 atom stereocenters. The Labute approximate surface area is 124 Å². The van der Waals surface area contributed by atoms with Gasteiger partial charge in [0.25, 0.3) is 0 Å². The fourth-order valence-corrected chi connectivity index (χ4v) is 2.57. The molecule has 5 heteroatoms. The standard InChI is InChI=1S/C16H21N3O2/c1-19(2)8-6-12-10-17-18-14-4-3-5-15(16(12)14)21-13-7-9-20-11-13/h3-5,10,13H,6-9,11H2,1-2H3/t13-/m1/s1. The first-order chi connectivity index (χ1) is 10.2. The van der Waals surface area contributed by atoms with Crippen molar-refractivity contribution in [1.82, 2.24) is 15.1 Å². The topological polar surface area (TPSA) is 47.5 Å². The lowest BCUT2D eigenvalue weighted by molar-refractivity contribution is 0.142. The van der Waals surface area contributed by atoms with Gasteiger partial charge in [0.15, 0.2) is 0 Å². The first kappa shape index (κ1) is 14.2. The lowest BCUT2D eigenvalue weighted by Gasteiger charge is -2.16. The SMILES string of the molecule is CN(C)CCc1cnnc2cccc(O[C@@H]3CCOC3)c12. The number of benzene rings is 1. The van der Waals surface area contributed by atoms with Crippen LogP contribution >= 0.6 is 0 Å². The minimum absolute atomic E-state index is 0.144. The maximum absolute atomic E-state index is 6.13. The highest BCUT2D eigenvalue weighted by Crippen LogP contribution is 2.29. The Morgan fingerprint density at radius 2 is 2.29 bits per heavy atom. The highest BCUT2D eigenvalue weighted by molar-refractivity contribution is 5.87. The average Bonchev–Trinajstić information content (AvgIpc) is 2.98. The molecule has 0 saturated carbocycles. The van der Waals surface area contributed by atoms with E-state index in [0.29, 0.717) is 6.61 Å². The molecule has 21 heavy (non-hydrogen) atoms. The first-order valence-corrected chi connectivity index (χ1v) is 7.36. The Hall–Kier alpha value is -1.72. The van der Waals surface area contributed by atoms with Crippen LogP contribution in [-0.4, -0.2) is 55.1 Å². The number of hydrogen-bond acceptors (Lipinski definition) is 5. The van der Waals surface area contributed by atoms with E-state index in [0.717, 1.165) is 42.6 Å². The molecule has 1 saturated heterocycles. The summed E-state index contributed by atoms with van der Waals surface area (Å²) in [4.78, 5) is 2.17. The molecule has 2 aromatic rings. The smallest absolute Gasteiger partial charge is 0.129 e. The normalized spacial score (nSPS) is 18.5. The van der Waals surface area contributed by atoms with Crippen molar-refractivity contribution < 1.29 is 9.47 Å². The molecule has 1 aliphatic heterocycles. The molecular weight excluding hydrogens is 266 g/mol. The van der Waals surface area contributed by atoms with Crippen molar-refractivity contribution in [1.29, 1.82) is 0 Å². The number of aromatic nitrogens is 2. The number of nitrogens with zero attached hydrogens (tertiary/aromatic N) is 3. The second kappa shape index (κ2) is 6.37. The lowest BCUT2D eigenvalue weighted by Crippen LogP contribution is -2.17. The number of rotatable bonds is 5. The Morgan fingerprint density at radius 1 is 1.38 bits per heavy atom. The Kier molecular flexibility index (Phi) is 4.31. The van der Waals surface area contributed by atoms with Crippen LogP contribution in [0.2, 0.25) is 0 Å². The van der Waals surface area contributed by atoms with Crippen LogP contribution in [0.5, 0.6) is 5.75 Å². The average molecular weight is 287 g/mol. The van der Waals surface area contributed by atoms with Crippen LogP contribution in [0.3, 0.4) is 0 Å². The van der Waals surface area contributed by atoms with Crippen LogP contribution in [0.4, 0.5) is 0 Å². The van der Waals surface area contributed by atoms with E-state index in [1.54, 1.807) is 0 Å². The van der Waals surface area contributed by atoms with Gasteiger partial charge in [-0.3, -0.25) is 0 Å². The van der Waals surface area contributed by atoms with Gasteiger partial charge >= 0.3 is 0 Å². The van der Waals surface area contributed by atoms with Crippen LogP contribution < -0.4 is 4.74 Å². The monoisotopic (exact) mass is 287 g/mol. The van der Waals surface area contributed by atoms with Gasteiger partial charge in [-0.25, -0.2) is 0 Å². The van der Waals surface area contributed by atoms with Crippen LogP contribution in [0, 0.1) is 0 Å². The van der Waals surface area contributed by atoms with Crippen molar-refractivity contribution in [3.8, 4) is 5.75 Å². The zero-order chi connectivity index (χ0) is 14.7. The van der Waals surface area contributed by atoms with Crippen LogP contribution in [0.25, 0.3) is 10.9 Å². The summed E-state index contributed by atoms with van der Waals surface area (Å²) >= 11 is 0. The van der Waals surface area contributed by atoms with Gasteiger partial charge in [-0.15, -0.1) is 0 Å². The Morgan fingerprint density at radius 3 is 3.05 bits per heavy atom. The third kappa shape index (κ3) is 3.31. The summed E-state index contributed by atoms with van der Waals surface area (Å²) in [5.74, 6) is 0.895. The fraction of sp³-hybridized carbons (Fsp3) is 0.500. The number of ether oxygens (including phenoxy) is 2. The number of fused-ring (bicyclic) bond motifs is 1. The quantitative estimate of drug-likeness (QED) is 0.840. The maximum atomic E-state index is 6.13. The van der Waals surface area contributed by atoms with Gasteiger partial charge in [-0.2, -0.15) is 10.2 Å². The Balaban J connectivity index is 1.94. The fourth-order valence-electron chi connectivity index (χ4n) is 2.57. The van der Waals surface area contributed by atoms with Gasteiger partial charge in [0.1, 0.15) is 11.9 Å². The van der Waals surface area contributed by atoms with Gasteiger partial charge in [0.2, 0.25) is 0 Å². The van der Waals surface area contributed by atoms with E-state index in [2.05, 4.69) is 29.2 Å². The molecule has 0 bridgehead atoms. The van der Waals surface area contributed by atoms with Gasteiger partial charge < -0.3 is 14.4 Å². The van der Waals surface area contributed by atoms with Gasteiger partial charge in [0.05, 0.1) is 24.9 Å². The van der Waals surface area contributed by atoms with Gasteiger partial charge in [0, 0.05) is 18.4 Å². The summed E-state index contributed by atoms with van der Waals surface area (Å²) < 4.78 is 11.5. The molecule has 112 valence electrons. The second-order valence-electron chi connectivity index (χ2n) is 5.68. The zero-order valence-corrected chi connectivity index (χ0v) is 12.6. The highest BCUT2D eigenvalue weighted by atomic mass is 16.5.